The number of hydrogen-bond donors (Lipinski definition) is 1. The van der Waals surface area contributed by atoms with Crippen molar-refractivity contribution in [3.8, 4) is 5.75 Å². The first-order valence-electron chi connectivity index (χ1n) is 16.0. The number of fused-ring (bicyclic) bond motifs is 5. The number of ether oxygens (including phenoxy) is 3. The maximum atomic E-state index is 13.6. The Morgan fingerprint density at radius 1 is 1.18 bits per heavy atom. The molecule has 3 aliphatic carbocycles. The number of nitrogens with one attached hydrogen (secondary N) is 1. The summed E-state index contributed by atoms with van der Waals surface area (Å²) >= 11 is 6.44. The summed E-state index contributed by atoms with van der Waals surface area (Å²) in [6.45, 7) is 3.29. The van der Waals surface area contributed by atoms with E-state index in [1.54, 1.807) is 13.2 Å². The van der Waals surface area contributed by atoms with Gasteiger partial charge in [0, 0.05) is 41.5 Å². The average molecular weight is 639 g/mol. The van der Waals surface area contributed by atoms with E-state index < -0.39 is 9.71 Å². The Morgan fingerprint density at radius 2 is 2.07 bits per heavy atom. The molecule has 2 aliphatic heterocycles. The van der Waals surface area contributed by atoms with Crippen LogP contribution in [0.5, 0.6) is 5.75 Å². The topological polar surface area (TPSA) is 77.1 Å². The van der Waals surface area contributed by atoms with Crippen LogP contribution in [-0.4, -0.2) is 67.4 Å². The molecule has 1 unspecified atom stereocenters. The first-order valence-corrected chi connectivity index (χ1v) is 18.2. The summed E-state index contributed by atoms with van der Waals surface area (Å²) < 4.78 is 34.8. The van der Waals surface area contributed by atoms with Crippen molar-refractivity contribution >= 4 is 38.8 Å². The minimum atomic E-state index is -2.79. The minimum Gasteiger partial charge on any atom is -0.490 e. The smallest absolute Gasteiger partial charge is 0.262 e. The van der Waals surface area contributed by atoms with Gasteiger partial charge in [0.15, 0.2) is 0 Å². The second-order valence-corrected chi connectivity index (χ2v) is 16.2. The molecule has 2 heterocycles. The van der Waals surface area contributed by atoms with Gasteiger partial charge in [0.25, 0.3) is 5.91 Å². The fourth-order valence-electron chi connectivity index (χ4n) is 7.99. The van der Waals surface area contributed by atoms with Crippen LogP contribution in [0.1, 0.15) is 60.0 Å². The van der Waals surface area contributed by atoms with E-state index in [-0.39, 0.29) is 28.6 Å². The number of allylic oxidation sites excluding steroid dienone is 1. The summed E-state index contributed by atoms with van der Waals surface area (Å²) in [5, 5.41) is 0.650. The molecule has 1 spiro atoms. The van der Waals surface area contributed by atoms with Crippen LogP contribution in [0.25, 0.3) is 0 Å². The SMILES string of the molecule is C=S1(=O)NC(=O)c2ccc3c(c2)N(C[C@@H]2CC[C@H]2[C@@H](OCCOC)/C=C/C[C@@H]2C[C@H]21)C[C@@]1(CCCc2cc(Cl)ccc21)CO3. The molecule has 7 nitrogen and oxygen atoms in total. The van der Waals surface area contributed by atoms with Gasteiger partial charge in [0.1, 0.15) is 5.75 Å². The molecule has 44 heavy (non-hydrogen) atoms. The predicted octanol–water partition coefficient (Wildman–Crippen LogP) is 5.58. The van der Waals surface area contributed by atoms with Crippen molar-refractivity contribution in [3.63, 3.8) is 0 Å². The third kappa shape index (κ3) is 5.79. The number of nitrogens with zero attached hydrogens (tertiary/aromatic N) is 1. The summed E-state index contributed by atoms with van der Waals surface area (Å²) in [6.07, 6.45) is 11.4. The number of benzene rings is 2. The molecule has 2 aromatic carbocycles. The molecular weight excluding hydrogens is 596 g/mol. The number of methoxy groups -OCH3 is 1. The van der Waals surface area contributed by atoms with Gasteiger partial charge in [-0.3, -0.25) is 9.52 Å². The highest BCUT2D eigenvalue weighted by Crippen LogP contribution is 2.47. The summed E-state index contributed by atoms with van der Waals surface area (Å²) in [7, 11) is -1.09. The first kappa shape index (κ1) is 30.2. The van der Waals surface area contributed by atoms with Crippen molar-refractivity contribution in [2.45, 2.75) is 61.7 Å². The van der Waals surface area contributed by atoms with Crippen LogP contribution in [0.2, 0.25) is 5.02 Å². The Bertz CT molecular complexity index is 1560. The van der Waals surface area contributed by atoms with E-state index in [0.29, 0.717) is 37.2 Å². The Kier molecular flexibility index (Phi) is 8.23. The van der Waals surface area contributed by atoms with Crippen molar-refractivity contribution in [2.75, 3.05) is 44.9 Å². The molecule has 0 aromatic heterocycles. The largest absolute Gasteiger partial charge is 0.490 e. The van der Waals surface area contributed by atoms with E-state index in [0.717, 1.165) is 74.5 Å². The highest BCUT2D eigenvalue weighted by Gasteiger charge is 2.46. The van der Waals surface area contributed by atoms with Gasteiger partial charge in [-0.2, -0.15) is 0 Å². The van der Waals surface area contributed by atoms with Crippen molar-refractivity contribution in [1.29, 1.82) is 0 Å². The summed E-state index contributed by atoms with van der Waals surface area (Å²) in [6, 6.07) is 11.9. The number of carbonyl (C=O) groups excluding carboxylic acids is 1. The average Bonchev–Trinajstić information content (AvgIpc) is 3.79. The third-order valence-electron chi connectivity index (χ3n) is 10.6. The summed E-state index contributed by atoms with van der Waals surface area (Å²) in [5.41, 5.74) is 3.82. The molecule has 2 bridgehead atoms. The van der Waals surface area contributed by atoms with Crippen molar-refractivity contribution in [1.82, 2.24) is 4.72 Å². The van der Waals surface area contributed by atoms with Crippen LogP contribution in [0, 0.1) is 17.8 Å². The molecule has 0 saturated heterocycles. The molecule has 7 atom stereocenters. The van der Waals surface area contributed by atoms with Gasteiger partial charge in [0.2, 0.25) is 0 Å². The molecule has 7 rings (SSSR count). The number of rotatable bonds is 4. The van der Waals surface area contributed by atoms with Crippen molar-refractivity contribution < 1.29 is 23.2 Å². The van der Waals surface area contributed by atoms with Gasteiger partial charge < -0.3 is 19.1 Å². The normalized spacial score (nSPS) is 35.2. The second-order valence-electron chi connectivity index (χ2n) is 13.5. The van der Waals surface area contributed by atoms with E-state index in [2.05, 4.69) is 39.8 Å². The van der Waals surface area contributed by atoms with Gasteiger partial charge in [-0.15, -0.1) is 0 Å². The van der Waals surface area contributed by atoms with Crippen LogP contribution in [0.4, 0.5) is 5.69 Å². The number of aryl methyl sites for hydroxylation is 1. The molecule has 2 aromatic rings. The highest BCUT2D eigenvalue weighted by atomic mass is 35.5. The maximum absolute atomic E-state index is 13.6. The molecular formula is C35H43ClN2O5S. The second kappa shape index (κ2) is 12.0. The van der Waals surface area contributed by atoms with Crippen LogP contribution in [0.3, 0.4) is 0 Å². The molecule has 2 saturated carbocycles. The van der Waals surface area contributed by atoms with E-state index in [9.17, 15) is 9.00 Å². The Labute approximate surface area is 266 Å². The fourth-order valence-corrected chi connectivity index (χ4v) is 10.1. The molecule has 5 aliphatic rings. The monoisotopic (exact) mass is 638 g/mol. The molecule has 1 amide bonds. The van der Waals surface area contributed by atoms with Gasteiger partial charge in [-0.1, -0.05) is 29.8 Å². The quantitative estimate of drug-likeness (QED) is 0.268. The van der Waals surface area contributed by atoms with Gasteiger partial charge in [0.05, 0.1) is 41.3 Å². The summed E-state index contributed by atoms with van der Waals surface area (Å²) in [4.78, 5) is 16.0. The van der Waals surface area contributed by atoms with Gasteiger partial charge in [-0.25, -0.2) is 4.21 Å². The zero-order valence-corrected chi connectivity index (χ0v) is 27.0. The number of halogens is 1. The number of carbonyl (C=O) groups is 1. The van der Waals surface area contributed by atoms with E-state index in [1.165, 1.54) is 11.1 Å². The van der Waals surface area contributed by atoms with E-state index in [1.807, 2.05) is 18.2 Å². The molecule has 2 fully saturated rings. The molecule has 9 heteroatoms. The highest BCUT2D eigenvalue weighted by molar-refractivity contribution is 7.99. The van der Waals surface area contributed by atoms with Crippen LogP contribution in [0.15, 0.2) is 48.6 Å². The minimum absolute atomic E-state index is 0.00152. The predicted molar refractivity (Wildman–Crippen MR) is 176 cm³/mol. The summed E-state index contributed by atoms with van der Waals surface area (Å²) in [5.74, 6) is 5.50. The first-order chi connectivity index (χ1) is 21.3. The Hall–Kier alpha value is -2.52. The zero-order valence-electron chi connectivity index (χ0n) is 25.5. The number of hydrogen-bond acceptors (Lipinski definition) is 6. The maximum Gasteiger partial charge on any atom is 0.262 e. The van der Waals surface area contributed by atoms with E-state index >= 15 is 0 Å². The molecule has 236 valence electrons. The lowest BCUT2D eigenvalue weighted by Gasteiger charge is -2.46. The standard InChI is InChI=1S/C35H43ClN2O5S/c1-41-15-16-42-31-7-3-5-24-19-33(24)44(2,40)37-34(39)25-9-13-32-30(18-25)38(20-26-8-11-28(26)31)21-35(22-43-32)14-4-6-23-17-27(36)10-12-29(23)35/h3,7,9-10,12-13,17-18,24,26,28,31,33H,2,4-6,8,11,14-16,19-22H2,1H3,(H,37,39,40)/b7-3+/t24-,26+,28-,31+,33-,35+,44?/m1/s1. The fraction of sp³-hybridized carbons (Fsp3) is 0.543. The lowest BCUT2D eigenvalue weighted by atomic mass is 9.68. The molecule has 1 N–H and O–H groups in total. The van der Waals surface area contributed by atoms with Gasteiger partial charge in [-0.05, 0) is 110 Å². The Balaban J connectivity index is 1.28. The van der Waals surface area contributed by atoms with Gasteiger partial charge >= 0.3 is 0 Å². The van der Waals surface area contributed by atoms with Crippen molar-refractivity contribution in [2.24, 2.45) is 17.8 Å². The van der Waals surface area contributed by atoms with Crippen molar-refractivity contribution in [3.05, 3.63) is 70.3 Å². The van der Waals surface area contributed by atoms with E-state index in [4.69, 9.17) is 25.8 Å². The number of amides is 1. The Morgan fingerprint density at radius 3 is 2.89 bits per heavy atom. The lowest BCUT2D eigenvalue weighted by molar-refractivity contribution is -0.0309. The van der Waals surface area contributed by atoms with Crippen LogP contribution in [-0.2, 0) is 31.0 Å². The number of anilines is 1. The van der Waals surface area contributed by atoms with Crippen LogP contribution >= 0.6 is 11.6 Å². The molecule has 0 radical (unpaired) electrons. The third-order valence-corrected chi connectivity index (χ3v) is 12.9. The zero-order chi connectivity index (χ0) is 30.5. The lowest BCUT2D eigenvalue weighted by Crippen LogP contribution is -2.49. The van der Waals surface area contributed by atoms with Crippen LogP contribution < -0.4 is 14.4 Å².